The summed E-state index contributed by atoms with van der Waals surface area (Å²) in [4.78, 5) is 0.521. The fourth-order valence-electron chi connectivity index (χ4n) is 1.25. The minimum atomic E-state index is 0.521. The molecule has 0 aliphatic rings. The summed E-state index contributed by atoms with van der Waals surface area (Å²) in [6.45, 7) is 0. The van der Waals surface area contributed by atoms with Crippen LogP contribution in [0.1, 0.15) is 29.7 Å². The maximum Gasteiger partial charge on any atom is 0.0395 e. The third-order valence-corrected chi connectivity index (χ3v) is 3.55. The van der Waals surface area contributed by atoms with Crippen molar-refractivity contribution in [3.63, 3.8) is 0 Å². The van der Waals surface area contributed by atoms with Crippen molar-refractivity contribution in [2.24, 2.45) is 0 Å². The van der Waals surface area contributed by atoms with Gasteiger partial charge in [0.25, 0.3) is 0 Å². The normalized spacial score (nSPS) is 12.8. The average Bonchev–Trinajstić information content (AvgIpc) is 2.19. The van der Waals surface area contributed by atoms with Crippen molar-refractivity contribution < 1.29 is 0 Å². The Kier molecular flexibility index (Phi) is 5.72. The van der Waals surface area contributed by atoms with Crippen molar-refractivity contribution in [3.8, 4) is 0 Å². The molecule has 2 heteroatoms. The van der Waals surface area contributed by atoms with Gasteiger partial charge in [-0.05, 0) is 18.4 Å². The van der Waals surface area contributed by atoms with Crippen LogP contribution in [0.2, 0.25) is 0 Å². The summed E-state index contributed by atoms with van der Waals surface area (Å²) in [7, 11) is 0. The molecule has 1 aromatic rings. The molecule has 0 radical (unpaired) electrons. The highest BCUT2D eigenvalue weighted by molar-refractivity contribution is 9.09. The van der Waals surface area contributed by atoms with E-state index in [1.54, 1.807) is 0 Å². The van der Waals surface area contributed by atoms with Crippen LogP contribution in [0.25, 0.3) is 0 Å². The Morgan fingerprint density at radius 2 is 1.77 bits per heavy atom. The summed E-state index contributed by atoms with van der Waals surface area (Å²) in [6, 6.07) is 10.6. The maximum absolute atomic E-state index is 3.70. The molecule has 1 atom stereocenters. The molecule has 1 aromatic carbocycles. The van der Waals surface area contributed by atoms with E-state index in [9.17, 15) is 0 Å². The van der Waals surface area contributed by atoms with Crippen LogP contribution in [-0.4, -0.2) is 5.33 Å². The zero-order chi connectivity index (χ0) is 9.52. The molecular formula is C11H14Br2. The van der Waals surface area contributed by atoms with Gasteiger partial charge in [-0.1, -0.05) is 68.6 Å². The molecule has 1 unspecified atom stereocenters. The van der Waals surface area contributed by atoms with Gasteiger partial charge in [-0.2, -0.15) is 0 Å². The lowest BCUT2D eigenvalue weighted by Gasteiger charge is -2.08. The topological polar surface area (TPSA) is 0 Å². The van der Waals surface area contributed by atoms with E-state index < -0.39 is 0 Å². The van der Waals surface area contributed by atoms with E-state index in [1.807, 2.05) is 0 Å². The molecule has 1 rings (SSSR count). The standard InChI is InChI=1S/C11H14Br2/c12-9-5-4-8-11(13)10-6-2-1-3-7-10/h1-3,6-7,11H,4-5,8-9H2. The van der Waals surface area contributed by atoms with Gasteiger partial charge in [-0.3, -0.25) is 0 Å². The zero-order valence-electron chi connectivity index (χ0n) is 7.55. The Morgan fingerprint density at radius 3 is 2.38 bits per heavy atom. The summed E-state index contributed by atoms with van der Waals surface area (Å²) >= 11 is 7.14. The quantitative estimate of drug-likeness (QED) is 0.547. The van der Waals surface area contributed by atoms with Gasteiger partial charge >= 0.3 is 0 Å². The summed E-state index contributed by atoms with van der Waals surface area (Å²) in [5.74, 6) is 0. The van der Waals surface area contributed by atoms with Crippen LogP contribution in [0, 0.1) is 0 Å². The van der Waals surface area contributed by atoms with Crippen molar-refractivity contribution in [2.45, 2.75) is 24.1 Å². The van der Waals surface area contributed by atoms with Crippen LogP contribution < -0.4 is 0 Å². The zero-order valence-corrected chi connectivity index (χ0v) is 10.7. The van der Waals surface area contributed by atoms with Crippen molar-refractivity contribution in [1.82, 2.24) is 0 Å². The second-order valence-electron chi connectivity index (χ2n) is 3.06. The monoisotopic (exact) mass is 304 g/mol. The van der Waals surface area contributed by atoms with Gasteiger partial charge in [0, 0.05) is 10.2 Å². The predicted octanol–water partition coefficient (Wildman–Crippen LogP) is 4.69. The summed E-state index contributed by atoms with van der Waals surface area (Å²) in [5, 5.41) is 1.11. The lowest BCUT2D eigenvalue weighted by Crippen LogP contribution is -1.89. The number of hydrogen-bond acceptors (Lipinski definition) is 0. The first-order valence-corrected chi connectivity index (χ1v) is 6.63. The second kappa shape index (κ2) is 6.61. The smallest absolute Gasteiger partial charge is 0.0395 e. The molecule has 0 fully saturated rings. The number of rotatable bonds is 5. The van der Waals surface area contributed by atoms with Crippen LogP contribution in [0.5, 0.6) is 0 Å². The molecule has 0 spiro atoms. The Balaban J connectivity index is 2.35. The number of benzene rings is 1. The highest BCUT2D eigenvalue weighted by Gasteiger charge is 2.05. The Bertz CT molecular complexity index is 221. The van der Waals surface area contributed by atoms with Crippen LogP contribution in [0.15, 0.2) is 30.3 Å². The van der Waals surface area contributed by atoms with Crippen molar-refractivity contribution in [2.75, 3.05) is 5.33 Å². The highest BCUT2D eigenvalue weighted by Crippen LogP contribution is 2.27. The van der Waals surface area contributed by atoms with Crippen LogP contribution in [-0.2, 0) is 0 Å². The van der Waals surface area contributed by atoms with Gasteiger partial charge < -0.3 is 0 Å². The lowest BCUT2D eigenvalue weighted by atomic mass is 10.1. The van der Waals surface area contributed by atoms with Gasteiger partial charge in [0.15, 0.2) is 0 Å². The van der Waals surface area contributed by atoms with Gasteiger partial charge in [0.05, 0.1) is 0 Å². The molecule has 0 N–H and O–H groups in total. The SMILES string of the molecule is BrCCCCC(Br)c1ccccc1. The van der Waals surface area contributed by atoms with Gasteiger partial charge in [0.2, 0.25) is 0 Å². The van der Waals surface area contributed by atoms with Crippen molar-refractivity contribution >= 4 is 31.9 Å². The third-order valence-electron chi connectivity index (χ3n) is 2.00. The van der Waals surface area contributed by atoms with Gasteiger partial charge in [-0.25, -0.2) is 0 Å². The van der Waals surface area contributed by atoms with E-state index in [0.717, 1.165) is 5.33 Å². The minimum Gasteiger partial charge on any atom is -0.0928 e. The van der Waals surface area contributed by atoms with Gasteiger partial charge in [-0.15, -0.1) is 0 Å². The molecule has 0 aliphatic heterocycles. The maximum atomic E-state index is 3.70. The van der Waals surface area contributed by atoms with Crippen LogP contribution in [0.4, 0.5) is 0 Å². The first kappa shape index (κ1) is 11.3. The van der Waals surface area contributed by atoms with E-state index in [1.165, 1.54) is 24.8 Å². The Hall–Kier alpha value is 0.180. The van der Waals surface area contributed by atoms with Crippen LogP contribution >= 0.6 is 31.9 Å². The van der Waals surface area contributed by atoms with E-state index in [2.05, 4.69) is 62.2 Å². The van der Waals surface area contributed by atoms with E-state index in [4.69, 9.17) is 0 Å². The van der Waals surface area contributed by atoms with Gasteiger partial charge in [0.1, 0.15) is 0 Å². The molecular weight excluding hydrogens is 292 g/mol. The largest absolute Gasteiger partial charge is 0.0928 e. The molecule has 0 heterocycles. The number of halogens is 2. The number of hydrogen-bond donors (Lipinski definition) is 0. The molecule has 0 saturated heterocycles. The molecule has 0 amide bonds. The summed E-state index contributed by atoms with van der Waals surface area (Å²) in [6.07, 6.45) is 3.75. The molecule has 0 aromatic heterocycles. The number of alkyl halides is 2. The van der Waals surface area contributed by atoms with Crippen molar-refractivity contribution in [1.29, 1.82) is 0 Å². The average molecular weight is 306 g/mol. The molecule has 0 nitrogen and oxygen atoms in total. The van der Waals surface area contributed by atoms with E-state index in [-0.39, 0.29) is 0 Å². The number of unbranched alkanes of at least 4 members (excludes halogenated alkanes) is 1. The molecule has 0 aliphatic carbocycles. The fraction of sp³-hybridized carbons (Fsp3) is 0.455. The molecule has 0 bridgehead atoms. The molecule has 72 valence electrons. The van der Waals surface area contributed by atoms with E-state index in [0.29, 0.717) is 4.83 Å². The first-order valence-electron chi connectivity index (χ1n) is 4.59. The van der Waals surface area contributed by atoms with Crippen molar-refractivity contribution in [3.05, 3.63) is 35.9 Å². The summed E-state index contributed by atoms with van der Waals surface area (Å²) in [5.41, 5.74) is 1.39. The predicted molar refractivity (Wildman–Crippen MR) is 65.8 cm³/mol. The Labute approximate surface area is 97.0 Å². The lowest BCUT2D eigenvalue weighted by molar-refractivity contribution is 0.720. The minimum absolute atomic E-state index is 0.521. The first-order chi connectivity index (χ1) is 6.34. The Morgan fingerprint density at radius 1 is 1.08 bits per heavy atom. The molecule has 13 heavy (non-hydrogen) atoms. The van der Waals surface area contributed by atoms with Crippen LogP contribution in [0.3, 0.4) is 0 Å². The highest BCUT2D eigenvalue weighted by atomic mass is 79.9. The fourth-order valence-corrected chi connectivity index (χ4v) is 2.27. The second-order valence-corrected chi connectivity index (χ2v) is 4.96. The third kappa shape index (κ3) is 4.28. The van der Waals surface area contributed by atoms with E-state index >= 15 is 0 Å². The summed E-state index contributed by atoms with van der Waals surface area (Å²) < 4.78 is 0. The molecule has 0 saturated carbocycles.